The predicted octanol–water partition coefficient (Wildman–Crippen LogP) is 1.44. The van der Waals surface area contributed by atoms with Crippen LogP contribution in [0.2, 0.25) is 0 Å². The fraction of sp³-hybridized carbons (Fsp3) is 0.188. The van der Waals surface area contributed by atoms with Crippen LogP contribution in [0.3, 0.4) is 0 Å². The van der Waals surface area contributed by atoms with E-state index in [0.717, 1.165) is 4.57 Å². The zero-order valence-corrected chi connectivity index (χ0v) is 13.0. The average molecular weight is 328 g/mol. The van der Waals surface area contributed by atoms with E-state index in [0.29, 0.717) is 5.76 Å². The molecule has 0 bridgehead atoms. The highest BCUT2D eigenvalue weighted by molar-refractivity contribution is 5.74. The Hall–Kier alpha value is -3.16. The van der Waals surface area contributed by atoms with Gasteiger partial charge in [0.2, 0.25) is 0 Å². The Kier molecular flexibility index (Phi) is 2.96. The van der Waals surface area contributed by atoms with Gasteiger partial charge in [-0.15, -0.1) is 0 Å². The van der Waals surface area contributed by atoms with Crippen LogP contribution in [0.1, 0.15) is 11.3 Å². The first-order valence-corrected chi connectivity index (χ1v) is 7.29. The van der Waals surface area contributed by atoms with Gasteiger partial charge in [-0.05, 0) is 13.0 Å². The van der Waals surface area contributed by atoms with E-state index in [1.54, 1.807) is 31.3 Å². The molecule has 0 fully saturated rings. The highest BCUT2D eigenvalue weighted by Gasteiger charge is 2.19. The zero-order chi connectivity index (χ0) is 17.0. The van der Waals surface area contributed by atoms with Crippen molar-refractivity contribution in [3.8, 4) is 0 Å². The molecule has 24 heavy (non-hydrogen) atoms. The molecule has 0 amide bonds. The number of imidazole rings is 1. The second-order valence-electron chi connectivity index (χ2n) is 5.60. The van der Waals surface area contributed by atoms with Crippen LogP contribution in [-0.4, -0.2) is 18.5 Å². The van der Waals surface area contributed by atoms with Crippen molar-refractivity contribution in [1.29, 1.82) is 0 Å². The van der Waals surface area contributed by atoms with E-state index in [1.807, 2.05) is 0 Å². The van der Waals surface area contributed by atoms with Gasteiger partial charge in [0, 0.05) is 12.6 Å². The first-order chi connectivity index (χ1) is 11.5. The van der Waals surface area contributed by atoms with E-state index in [-0.39, 0.29) is 29.1 Å². The summed E-state index contributed by atoms with van der Waals surface area (Å²) in [6.07, 6.45) is 1.63. The molecule has 8 heteroatoms. The number of fused-ring (bicyclic) bond motifs is 3. The molecule has 122 valence electrons. The fourth-order valence-electron chi connectivity index (χ4n) is 2.80. The standard InChI is InChI=1S/C16H13FN4O3/c1-9-7-20-12-13(18-15(20)24-9)19(2)16(23)21(14(12)22)8-10-5-3-4-6-11(10)17/h3-7H,8H2,1-2H3. The van der Waals surface area contributed by atoms with Crippen LogP contribution in [0.5, 0.6) is 0 Å². The Morgan fingerprint density at radius 2 is 2.00 bits per heavy atom. The molecule has 0 aliphatic carbocycles. The third-order valence-corrected chi connectivity index (χ3v) is 3.99. The first-order valence-electron chi connectivity index (χ1n) is 7.29. The second kappa shape index (κ2) is 4.92. The van der Waals surface area contributed by atoms with Crippen molar-refractivity contribution in [3.63, 3.8) is 0 Å². The minimum Gasteiger partial charge on any atom is -0.428 e. The highest BCUT2D eigenvalue weighted by Crippen LogP contribution is 2.15. The second-order valence-corrected chi connectivity index (χ2v) is 5.60. The van der Waals surface area contributed by atoms with Crippen molar-refractivity contribution in [3.05, 3.63) is 68.4 Å². The number of halogens is 1. The van der Waals surface area contributed by atoms with E-state index < -0.39 is 17.1 Å². The molecule has 0 saturated carbocycles. The molecule has 3 aromatic heterocycles. The van der Waals surface area contributed by atoms with Crippen molar-refractivity contribution < 1.29 is 8.81 Å². The minimum atomic E-state index is -0.562. The zero-order valence-electron chi connectivity index (χ0n) is 13.0. The Bertz CT molecular complexity index is 1210. The summed E-state index contributed by atoms with van der Waals surface area (Å²) < 4.78 is 23.1. The molecule has 0 atom stereocenters. The van der Waals surface area contributed by atoms with Crippen molar-refractivity contribution in [1.82, 2.24) is 18.5 Å². The van der Waals surface area contributed by atoms with E-state index in [1.165, 1.54) is 22.1 Å². The summed E-state index contributed by atoms with van der Waals surface area (Å²) in [4.78, 5) is 29.5. The number of nitrogens with zero attached hydrogens (tertiary/aromatic N) is 4. The molecular formula is C16H13FN4O3. The molecule has 0 aliphatic rings. The van der Waals surface area contributed by atoms with Crippen LogP contribution in [0, 0.1) is 12.7 Å². The summed E-state index contributed by atoms with van der Waals surface area (Å²) in [5, 5.41) is 0. The lowest BCUT2D eigenvalue weighted by molar-refractivity contribution is 0.563. The third kappa shape index (κ3) is 1.92. The summed E-state index contributed by atoms with van der Waals surface area (Å²) >= 11 is 0. The number of aromatic nitrogens is 4. The lowest BCUT2D eigenvalue weighted by Crippen LogP contribution is -2.39. The third-order valence-electron chi connectivity index (χ3n) is 3.99. The van der Waals surface area contributed by atoms with Gasteiger partial charge in [0.25, 0.3) is 5.56 Å². The average Bonchev–Trinajstić information content (AvgIpc) is 3.07. The number of hydrogen-bond acceptors (Lipinski definition) is 4. The van der Waals surface area contributed by atoms with Gasteiger partial charge in [0.1, 0.15) is 11.6 Å². The molecule has 0 spiro atoms. The monoisotopic (exact) mass is 328 g/mol. The summed E-state index contributed by atoms with van der Waals surface area (Å²) in [7, 11) is 1.52. The number of hydrogen-bond donors (Lipinski definition) is 0. The Morgan fingerprint density at radius 1 is 1.25 bits per heavy atom. The SMILES string of the molecule is Cc1cn2c(nc3c2c(=O)n(Cc2ccccc2F)c(=O)n3C)o1. The Morgan fingerprint density at radius 3 is 2.75 bits per heavy atom. The maximum atomic E-state index is 13.9. The van der Waals surface area contributed by atoms with E-state index >= 15 is 0 Å². The van der Waals surface area contributed by atoms with Gasteiger partial charge in [0.05, 0.1) is 12.7 Å². The van der Waals surface area contributed by atoms with Crippen molar-refractivity contribution >= 4 is 17.0 Å². The number of rotatable bonds is 2. The summed E-state index contributed by atoms with van der Waals surface area (Å²) in [6, 6.07) is 6.04. The van der Waals surface area contributed by atoms with Gasteiger partial charge >= 0.3 is 11.5 Å². The molecular weight excluding hydrogens is 315 g/mol. The molecule has 4 aromatic rings. The molecule has 3 heterocycles. The van der Waals surface area contributed by atoms with Crippen LogP contribution < -0.4 is 11.2 Å². The first kappa shape index (κ1) is 14.4. The molecule has 0 saturated heterocycles. The maximum absolute atomic E-state index is 13.9. The lowest BCUT2D eigenvalue weighted by atomic mass is 10.2. The van der Waals surface area contributed by atoms with Gasteiger partial charge in [-0.1, -0.05) is 18.2 Å². The van der Waals surface area contributed by atoms with Gasteiger partial charge < -0.3 is 4.42 Å². The number of benzene rings is 1. The van der Waals surface area contributed by atoms with E-state index in [4.69, 9.17) is 4.42 Å². The Balaban J connectivity index is 2.05. The Labute approximate surface area is 134 Å². The fourth-order valence-corrected chi connectivity index (χ4v) is 2.80. The molecule has 4 rings (SSSR count). The summed E-state index contributed by atoms with van der Waals surface area (Å²) in [5.41, 5.74) is -0.383. The lowest BCUT2D eigenvalue weighted by Gasteiger charge is -2.08. The molecule has 7 nitrogen and oxygen atoms in total. The minimum absolute atomic E-state index is 0.155. The van der Waals surface area contributed by atoms with Crippen LogP contribution in [0.25, 0.3) is 17.0 Å². The summed E-state index contributed by atoms with van der Waals surface area (Å²) in [6.45, 7) is 1.58. The van der Waals surface area contributed by atoms with Crippen LogP contribution in [0.4, 0.5) is 4.39 Å². The van der Waals surface area contributed by atoms with Gasteiger partial charge in [-0.3, -0.25) is 18.3 Å². The van der Waals surface area contributed by atoms with E-state index in [2.05, 4.69) is 4.98 Å². The number of aryl methyl sites for hydroxylation is 2. The van der Waals surface area contributed by atoms with Gasteiger partial charge in [-0.25, -0.2) is 9.18 Å². The maximum Gasteiger partial charge on any atom is 0.332 e. The van der Waals surface area contributed by atoms with Gasteiger partial charge in [0.15, 0.2) is 11.2 Å². The van der Waals surface area contributed by atoms with Crippen molar-refractivity contribution in [2.45, 2.75) is 13.5 Å². The van der Waals surface area contributed by atoms with Crippen molar-refractivity contribution in [2.24, 2.45) is 7.05 Å². The smallest absolute Gasteiger partial charge is 0.332 e. The molecule has 0 unspecified atom stereocenters. The predicted molar refractivity (Wildman–Crippen MR) is 84.7 cm³/mol. The van der Waals surface area contributed by atoms with Crippen LogP contribution in [0.15, 0.2) is 44.5 Å². The van der Waals surface area contributed by atoms with Crippen molar-refractivity contribution in [2.75, 3.05) is 0 Å². The normalized spacial score (nSPS) is 11.6. The van der Waals surface area contributed by atoms with E-state index in [9.17, 15) is 14.0 Å². The molecule has 1 aromatic carbocycles. The summed E-state index contributed by atoms with van der Waals surface area (Å²) in [5.74, 6) is 0.357. The largest absolute Gasteiger partial charge is 0.428 e. The van der Waals surface area contributed by atoms with Crippen LogP contribution in [-0.2, 0) is 13.6 Å². The number of oxazole rings is 1. The quantitative estimate of drug-likeness (QED) is 0.558. The molecule has 0 aliphatic heterocycles. The van der Waals surface area contributed by atoms with Crippen LogP contribution >= 0.6 is 0 Å². The van der Waals surface area contributed by atoms with Gasteiger partial charge in [-0.2, -0.15) is 4.98 Å². The topological polar surface area (TPSA) is 74.4 Å². The molecule has 0 radical (unpaired) electrons. The highest BCUT2D eigenvalue weighted by atomic mass is 19.1. The molecule has 0 N–H and O–H groups in total.